The van der Waals surface area contributed by atoms with Crippen LogP contribution in [-0.4, -0.2) is 88.0 Å². The van der Waals surface area contributed by atoms with Gasteiger partial charge in [0.1, 0.15) is 29.7 Å². The summed E-state index contributed by atoms with van der Waals surface area (Å²) in [4.78, 5) is 29.0. The molecule has 0 aliphatic carbocycles. The minimum absolute atomic E-state index is 0.0127. The van der Waals surface area contributed by atoms with E-state index >= 15 is 13.2 Å². The minimum atomic E-state index is -1.09. The molecule has 6 aromatic rings. The molecule has 2 unspecified atom stereocenters. The van der Waals surface area contributed by atoms with Gasteiger partial charge in [0.05, 0.1) is 23.7 Å². The van der Waals surface area contributed by atoms with Gasteiger partial charge in [-0.3, -0.25) is 9.80 Å². The van der Waals surface area contributed by atoms with Crippen LogP contribution in [0.2, 0.25) is 0 Å². The summed E-state index contributed by atoms with van der Waals surface area (Å²) in [5.74, 6) is -2.47. The summed E-state index contributed by atoms with van der Waals surface area (Å²) in [6.07, 6.45) is 2.20. The van der Waals surface area contributed by atoms with Gasteiger partial charge in [-0.1, -0.05) is 72.8 Å². The number of hydrogen-bond acceptors (Lipinski definition) is 8. The largest absolute Gasteiger partial charge is 0.461 e. The highest BCUT2D eigenvalue weighted by atomic mass is 19.2. The summed E-state index contributed by atoms with van der Waals surface area (Å²) in [5.41, 5.74) is 1.44. The molecule has 4 atom stereocenters. The van der Waals surface area contributed by atoms with Crippen molar-refractivity contribution in [3.63, 3.8) is 0 Å². The van der Waals surface area contributed by atoms with Gasteiger partial charge in [0.15, 0.2) is 17.5 Å². The van der Waals surface area contributed by atoms with Gasteiger partial charge in [0.2, 0.25) is 0 Å². The fourth-order valence-corrected chi connectivity index (χ4v) is 10.5. The van der Waals surface area contributed by atoms with Gasteiger partial charge in [-0.05, 0) is 99.3 Å². The van der Waals surface area contributed by atoms with Crippen molar-refractivity contribution >= 4 is 39.3 Å². The summed E-state index contributed by atoms with van der Waals surface area (Å²) in [7, 11) is 0. The third-order valence-corrected chi connectivity index (χ3v) is 13.3. The summed E-state index contributed by atoms with van der Waals surface area (Å²) >= 11 is 0. The number of nitrogens with zero attached hydrogens (tertiary/aromatic N) is 5. The summed E-state index contributed by atoms with van der Waals surface area (Å²) in [6.45, 7) is 7.60. The summed E-state index contributed by atoms with van der Waals surface area (Å²) in [6, 6.07) is 28.3. The highest BCUT2D eigenvalue weighted by Crippen LogP contribution is 2.44. The Balaban J connectivity index is 1.08. The second-order valence-corrected chi connectivity index (χ2v) is 18.6. The number of aromatic nitrogens is 2. The number of carbonyl (C=O) groups is 1. The minimum Gasteiger partial charge on any atom is -0.461 e. The number of benzene rings is 5. The quantitative estimate of drug-likeness (QED) is 0.144. The molecule has 4 saturated heterocycles. The first-order valence-electron chi connectivity index (χ1n) is 21.9. The van der Waals surface area contributed by atoms with Gasteiger partial charge in [0.25, 0.3) is 0 Å². The van der Waals surface area contributed by atoms with Crippen LogP contribution in [-0.2, 0) is 4.74 Å². The van der Waals surface area contributed by atoms with E-state index in [0.717, 1.165) is 49.4 Å². The molecule has 326 valence electrons. The maximum atomic E-state index is 17.7. The summed E-state index contributed by atoms with van der Waals surface area (Å²) in [5, 5.41) is 4.32. The number of alkyl halides is 1. The van der Waals surface area contributed by atoms with Crippen molar-refractivity contribution in [2.45, 2.75) is 88.3 Å². The first-order valence-corrected chi connectivity index (χ1v) is 21.9. The zero-order valence-electron chi connectivity index (χ0n) is 35.6. The second kappa shape index (κ2) is 16.0. The standard InChI is InChI=1S/C50H50F4N6O3/c1-49(2,3)63-48(61)60-35-16-17-36(60)28-58(27-35)46-38-19-18-37(42(53)45(38)56-47(57-46)62-29-50-21-10-22-59(50)26-33(51)25-50)39-24-34(23-32-15-20-40(52)43(54)41(32)39)55-44(30-11-6-4-7-12-30)31-13-8-5-9-14-31/h4-9,11-15,18-20,23-24,33,35-36,44,55H,10,16-17,21-22,25-29H2,1-3H3/t33-,35?,36?,50+/m1/s1. The SMILES string of the molecule is CC(C)(C)OC(=O)N1C2CCC1CN(c1nc(OC[C@@]34CCCN3C[C@H](F)C4)nc3c(F)c(-c4cc(NC(c5ccccc5)c5ccccc5)cc5ccc(F)c(F)c45)ccc13)C2. The number of ether oxygens (including phenoxy) is 2. The number of nitrogens with one attached hydrogen (secondary N) is 1. The Bertz CT molecular complexity index is 2650. The molecule has 1 amide bonds. The number of hydrogen-bond donors (Lipinski definition) is 1. The molecule has 9 nitrogen and oxygen atoms in total. The molecular weight excluding hydrogens is 809 g/mol. The predicted molar refractivity (Wildman–Crippen MR) is 236 cm³/mol. The Labute approximate surface area is 364 Å². The molecular formula is C50H50F4N6O3. The molecule has 0 saturated carbocycles. The average molecular weight is 859 g/mol. The third kappa shape index (κ3) is 7.68. The molecule has 63 heavy (non-hydrogen) atoms. The maximum Gasteiger partial charge on any atom is 0.410 e. The molecule has 5 heterocycles. The van der Waals surface area contributed by atoms with Crippen LogP contribution in [0.15, 0.2) is 97.1 Å². The lowest BCUT2D eigenvalue weighted by Gasteiger charge is -2.42. The molecule has 1 N–H and O–H groups in total. The van der Waals surface area contributed by atoms with Crippen molar-refractivity contribution in [3.05, 3.63) is 126 Å². The average Bonchev–Trinajstić information content (AvgIpc) is 3.89. The van der Waals surface area contributed by atoms with Crippen LogP contribution in [0, 0.1) is 17.5 Å². The van der Waals surface area contributed by atoms with Crippen LogP contribution < -0.4 is 15.0 Å². The van der Waals surface area contributed by atoms with E-state index in [1.54, 1.807) is 24.3 Å². The number of carbonyl (C=O) groups excluding carboxylic acids is 1. The fraction of sp³-hybridized carbons (Fsp3) is 0.380. The first-order chi connectivity index (χ1) is 30.3. The highest BCUT2D eigenvalue weighted by Gasteiger charge is 2.50. The van der Waals surface area contributed by atoms with Gasteiger partial charge < -0.3 is 19.7 Å². The molecule has 4 aliphatic rings. The monoisotopic (exact) mass is 858 g/mol. The molecule has 0 radical (unpaired) electrons. The van der Waals surface area contributed by atoms with E-state index in [-0.39, 0.29) is 58.9 Å². The molecule has 5 aromatic carbocycles. The van der Waals surface area contributed by atoms with E-state index in [1.807, 2.05) is 86.3 Å². The molecule has 2 bridgehead atoms. The van der Waals surface area contributed by atoms with E-state index in [0.29, 0.717) is 48.3 Å². The highest BCUT2D eigenvalue weighted by molar-refractivity contribution is 6.02. The van der Waals surface area contributed by atoms with Gasteiger partial charge in [-0.25, -0.2) is 22.4 Å². The van der Waals surface area contributed by atoms with Crippen molar-refractivity contribution in [1.82, 2.24) is 19.8 Å². The van der Waals surface area contributed by atoms with E-state index in [2.05, 4.69) is 15.1 Å². The second-order valence-electron chi connectivity index (χ2n) is 18.6. The molecule has 0 spiro atoms. The first kappa shape index (κ1) is 41.1. The maximum absolute atomic E-state index is 17.7. The van der Waals surface area contributed by atoms with Crippen molar-refractivity contribution in [3.8, 4) is 17.1 Å². The topological polar surface area (TPSA) is 83.1 Å². The number of halogens is 4. The number of fused-ring (bicyclic) bond motifs is 5. The van der Waals surface area contributed by atoms with Crippen LogP contribution in [0.1, 0.15) is 70.0 Å². The molecule has 4 aliphatic heterocycles. The lowest BCUT2D eigenvalue weighted by Crippen LogP contribution is -2.57. The Morgan fingerprint density at radius 3 is 2.24 bits per heavy atom. The lowest BCUT2D eigenvalue weighted by molar-refractivity contribution is 0.0122. The number of piperazine rings is 1. The zero-order chi connectivity index (χ0) is 43.6. The van der Waals surface area contributed by atoms with Gasteiger partial charge >= 0.3 is 12.1 Å². The molecule has 1 aromatic heterocycles. The van der Waals surface area contributed by atoms with E-state index in [4.69, 9.17) is 19.4 Å². The normalized spacial score (nSPS) is 22.3. The van der Waals surface area contributed by atoms with Gasteiger partial charge in [-0.2, -0.15) is 9.97 Å². The van der Waals surface area contributed by atoms with Crippen molar-refractivity contribution in [2.75, 3.05) is 43.0 Å². The van der Waals surface area contributed by atoms with Gasteiger partial charge in [0, 0.05) is 48.1 Å². The van der Waals surface area contributed by atoms with E-state index < -0.39 is 34.8 Å². The predicted octanol–water partition coefficient (Wildman–Crippen LogP) is 10.6. The molecule has 10 rings (SSSR count). The Morgan fingerprint density at radius 2 is 1.56 bits per heavy atom. The molecule has 4 fully saturated rings. The van der Waals surface area contributed by atoms with Crippen LogP contribution in [0.5, 0.6) is 6.01 Å². The van der Waals surface area contributed by atoms with Crippen molar-refractivity contribution < 1.29 is 31.8 Å². The number of amides is 1. The summed E-state index contributed by atoms with van der Waals surface area (Å²) < 4.78 is 75.9. The van der Waals surface area contributed by atoms with E-state index in [1.165, 1.54) is 6.07 Å². The van der Waals surface area contributed by atoms with Crippen LogP contribution in [0.4, 0.5) is 33.9 Å². The molecule has 13 heteroatoms. The van der Waals surface area contributed by atoms with Crippen LogP contribution in [0.3, 0.4) is 0 Å². The fourth-order valence-electron chi connectivity index (χ4n) is 10.5. The Hall–Kier alpha value is -5.95. The smallest absolute Gasteiger partial charge is 0.410 e. The third-order valence-electron chi connectivity index (χ3n) is 13.3. The Morgan fingerprint density at radius 1 is 0.857 bits per heavy atom. The van der Waals surface area contributed by atoms with Gasteiger partial charge in [-0.15, -0.1) is 0 Å². The van der Waals surface area contributed by atoms with Crippen LogP contribution >= 0.6 is 0 Å². The van der Waals surface area contributed by atoms with Crippen molar-refractivity contribution in [1.29, 1.82) is 0 Å². The van der Waals surface area contributed by atoms with Crippen LogP contribution in [0.25, 0.3) is 32.8 Å². The van der Waals surface area contributed by atoms with E-state index in [9.17, 15) is 9.18 Å². The number of rotatable bonds is 9. The Kier molecular flexibility index (Phi) is 10.4. The number of anilines is 2. The lowest BCUT2D eigenvalue weighted by atomic mass is 9.94. The zero-order valence-corrected chi connectivity index (χ0v) is 35.6. The van der Waals surface area contributed by atoms with Crippen molar-refractivity contribution in [2.24, 2.45) is 0 Å².